The van der Waals surface area contributed by atoms with Crippen molar-refractivity contribution in [1.82, 2.24) is 0 Å². The molecule has 0 aromatic rings. The summed E-state index contributed by atoms with van der Waals surface area (Å²) in [6.07, 6.45) is -1.23. The Balaban J connectivity index is 4.43. The van der Waals surface area contributed by atoms with Gasteiger partial charge in [-0.15, -0.1) is 0 Å². The SMILES string of the molecule is COC(=O)C(N)(CCSC)C(F)F. The zero-order chi connectivity index (χ0) is 10.5. The summed E-state index contributed by atoms with van der Waals surface area (Å²) in [5, 5.41) is 0. The maximum Gasteiger partial charge on any atom is 0.331 e. The number of esters is 1. The minimum atomic E-state index is -2.90. The van der Waals surface area contributed by atoms with E-state index < -0.39 is 17.9 Å². The van der Waals surface area contributed by atoms with Crippen LogP contribution in [0, 0.1) is 0 Å². The highest BCUT2D eigenvalue weighted by Crippen LogP contribution is 2.20. The van der Waals surface area contributed by atoms with Gasteiger partial charge in [0.25, 0.3) is 6.43 Å². The van der Waals surface area contributed by atoms with Crippen molar-refractivity contribution in [2.45, 2.75) is 18.4 Å². The number of rotatable bonds is 5. The Labute approximate surface area is 80.0 Å². The molecule has 0 amide bonds. The van der Waals surface area contributed by atoms with E-state index in [2.05, 4.69) is 4.74 Å². The molecule has 78 valence electrons. The van der Waals surface area contributed by atoms with E-state index in [9.17, 15) is 13.6 Å². The van der Waals surface area contributed by atoms with Crippen LogP contribution in [0.15, 0.2) is 0 Å². The number of alkyl halides is 2. The number of carbonyl (C=O) groups excluding carboxylic acids is 1. The fourth-order valence-corrected chi connectivity index (χ4v) is 1.30. The number of ether oxygens (including phenoxy) is 1. The third-order valence-corrected chi connectivity index (χ3v) is 2.29. The lowest BCUT2D eigenvalue weighted by atomic mass is 9.99. The van der Waals surface area contributed by atoms with E-state index in [0.29, 0.717) is 5.75 Å². The van der Waals surface area contributed by atoms with E-state index in [0.717, 1.165) is 7.11 Å². The summed E-state index contributed by atoms with van der Waals surface area (Å²) in [5.41, 5.74) is 3.09. The van der Waals surface area contributed by atoms with Gasteiger partial charge in [-0.25, -0.2) is 13.6 Å². The number of hydrogen-bond acceptors (Lipinski definition) is 4. The van der Waals surface area contributed by atoms with E-state index in [1.54, 1.807) is 6.26 Å². The summed E-state index contributed by atoms with van der Waals surface area (Å²) in [5.74, 6) is -0.660. The minimum absolute atomic E-state index is 0.0848. The van der Waals surface area contributed by atoms with Crippen molar-refractivity contribution in [3.8, 4) is 0 Å². The Morgan fingerprint density at radius 2 is 2.23 bits per heavy atom. The topological polar surface area (TPSA) is 52.3 Å². The van der Waals surface area contributed by atoms with Crippen LogP contribution in [-0.4, -0.2) is 37.1 Å². The number of carbonyl (C=O) groups is 1. The van der Waals surface area contributed by atoms with Crippen LogP contribution in [0.1, 0.15) is 6.42 Å². The van der Waals surface area contributed by atoms with E-state index in [4.69, 9.17) is 5.73 Å². The first-order valence-corrected chi connectivity index (χ1v) is 5.02. The number of hydrogen-bond donors (Lipinski definition) is 1. The van der Waals surface area contributed by atoms with Gasteiger partial charge in [-0.3, -0.25) is 0 Å². The molecule has 0 fully saturated rings. The molecular weight excluding hydrogens is 200 g/mol. The van der Waals surface area contributed by atoms with Gasteiger partial charge in [0.1, 0.15) is 0 Å². The van der Waals surface area contributed by atoms with Crippen molar-refractivity contribution in [2.75, 3.05) is 19.1 Å². The highest BCUT2D eigenvalue weighted by Gasteiger charge is 2.44. The van der Waals surface area contributed by atoms with Gasteiger partial charge in [-0.2, -0.15) is 11.8 Å². The standard InChI is InChI=1S/C7H13F2NO2S/c1-12-6(11)7(10,5(8)9)3-4-13-2/h5H,3-4,10H2,1-2H3. The number of thioether (sulfide) groups is 1. The lowest BCUT2D eigenvalue weighted by molar-refractivity contribution is -0.153. The van der Waals surface area contributed by atoms with Gasteiger partial charge in [-0.05, 0) is 18.4 Å². The Morgan fingerprint density at radius 1 is 1.69 bits per heavy atom. The molecule has 1 unspecified atom stereocenters. The summed E-state index contributed by atoms with van der Waals surface area (Å²) >= 11 is 1.35. The Kier molecular flexibility index (Phi) is 5.24. The minimum Gasteiger partial charge on any atom is -0.467 e. The number of nitrogens with two attached hydrogens (primary N) is 1. The zero-order valence-electron chi connectivity index (χ0n) is 7.55. The first-order valence-electron chi connectivity index (χ1n) is 3.63. The van der Waals surface area contributed by atoms with E-state index >= 15 is 0 Å². The van der Waals surface area contributed by atoms with Gasteiger partial charge in [-0.1, -0.05) is 0 Å². The van der Waals surface area contributed by atoms with Crippen LogP contribution in [0.4, 0.5) is 8.78 Å². The molecule has 0 radical (unpaired) electrons. The molecule has 0 aliphatic carbocycles. The normalized spacial score (nSPS) is 15.5. The van der Waals surface area contributed by atoms with Gasteiger partial charge in [0.05, 0.1) is 7.11 Å². The van der Waals surface area contributed by atoms with Gasteiger partial charge >= 0.3 is 5.97 Å². The first-order chi connectivity index (χ1) is 5.99. The van der Waals surface area contributed by atoms with Gasteiger partial charge in [0.2, 0.25) is 0 Å². The molecule has 0 aromatic carbocycles. The molecule has 0 heterocycles. The number of halogens is 2. The molecule has 2 N–H and O–H groups in total. The van der Waals surface area contributed by atoms with Crippen molar-refractivity contribution in [3.05, 3.63) is 0 Å². The summed E-state index contributed by atoms with van der Waals surface area (Å²) < 4.78 is 29.0. The number of methoxy groups -OCH3 is 1. The van der Waals surface area contributed by atoms with E-state index in [1.165, 1.54) is 11.8 Å². The fraction of sp³-hybridized carbons (Fsp3) is 0.857. The monoisotopic (exact) mass is 213 g/mol. The molecule has 0 saturated heterocycles. The summed E-state index contributed by atoms with van der Waals surface area (Å²) in [7, 11) is 1.05. The maximum absolute atomic E-state index is 12.4. The molecule has 1 atom stereocenters. The predicted octanol–water partition coefficient (Wildman–Crippen LogP) is 0.875. The summed E-state index contributed by atoms with van der Waals surface area (Å²) in [4.78, 5) is 10.9. The molecule has 0 bridgehead atoms. The predicted molar refractivity (Wildman–Crippen MR) is 47.9 cm³/mol. The lowest BCUT2D eigenvalue weighted by Gasteiger charge is -2.24. The lowest BCUT2D eigenvalue weighted by Crippen LogP contribution is -2.55. The van der Waals surface area contributed by atoms with Crippen LogP contribution < -0.4 is 5.73 Å². The fourth-order valence-electron chi connectivity index (χ4n) is 0.761. The quantitative estimate of drug-likeness (QED) is 0.689. The van der Waals surface area contributed by atoms with E-state index in [1.807, 2.05) is 0 Å². The molecule has 0 spiro atoms. The Hall–Kier alpha value is -0.360. The van der Waals surface area contributed by atoms with Crippen LogP contribution in [0.5, 0.6) is 0 Å². The van der Waals surface area contributed by atoms with Crippen molar-refractivity contribution >= 4 is 17.7 Å². The molecule has 0 aliphatic heterocycles. The molecule has 3 nitrogen and oxygen atoms in total. The first kappa shape index (κ1) is 12.6. The summed E-state index contributed by atoms with van der Waals surface area (Å²) in [6.45, 7) is 0. The van der Waals surface area contributed by atoms with Crippen LogP contribution >= 0.6 is 11.8 Å². The second-order valence-corrected chi connectivity index (χ2v) is 3.56. The molecular formula is C7H13F2NO2S. The molecule has 13 heavy (non-hydrogen) atoms. The van der Waals surface area contributed by atoms with Crippen molar-refractivity contribution in [1.29, 1.82) is 0 Å². The van der Waals surface area contributed by atoms with Gasteiger partial charge in [0.15, 0.2) is 5.54 Å². The molecule has 6 heteroatoms. The largest absolute Gasteiger partial charge is 0.467 e. The van der Waals surface area contributed by atoms with Gasteiger partial charge < -0.3 is 10.5 Å². The second kappa shape index (κ2) is 5.39. The maximum atomic E-state index is 12.4. The average molecular weight is 213 g/mol. The van der Waals surface area contributed by atoms with Crippen molar-refractivity contribution in [3.63, 3.8) is 0 Å². The van der Waals surface area contributed by atoms with Gasteiger partial charge in [0, 0.05) is 0 Å². The Bertz CT molecular complexity index is 180. The molecule has 0 aromatic heterocycles. The summed E-state index contributed by atoms with van der Waals surface area (Å²) in [6, 6.07) is 0. The van der Waals surface area contributed by atoms with Crippen LogP contribution in [-0.2, 0) is 9.53 Å². The smallest absolute Gasteiger partial charge is 0.331 e. The molecule has 0 aliphatic rings. The molecule has 0 saturated carbocycles. The second-order valence-electron chi connectivity index (χ2n) is 2.58. The van der Waals surface area contributed by atoms with Crippen molar-refractivity contribution in [2.24, 2.45) is 5.73 Å². The van der Waals surface area contributed by atoms with Crippen LogP contribution in [0.25, 0.3) is 0 Å². The zero-order valence-corrected chi connectivity index (χ0v) is 8.37. The van der Waals surface area contributed by atoms with Crippen LogP contribution in [0.2, 0.25) is 0 Å². The van der Waals surface area contributed by atoms with Crippen molar-refractivity contribution < 1.29 is 18.3 Å². The third kappa shape index (κ3) is 3.11. The average Bonchev–Trinajstić information content (AvgIpc) is 2.12. The van der Waals surface area contributed by atoms with Crippen LogP contribution in [0.3, 0.4) is 0 Å². The third-order valence-electron chi connectivity index (χ3n) is 1.67. The Morgan fingerprint density at radius 3 is 2.54 bits per heavy atom. The van der Waals surface area contributed by atoms with E-state index in [-0.39, 0.29) is 6.42 Å². The highest BCUT2D eigenvalue weighted by atomic mass is 32.2. The highest BCUT2D eigenvalue weighted by molar-refractivity contribution is 7.98. The molecule has 0 rings (SSSR count).